The van der Waals surface area contributed by atoms with Crippen LogP contribution in [0.3, 0.4) is 0 Å². The van der Waals surface area contributed by atoms with Crippen LogP contribution in [0.5, 0.6) is 0 Å². The number of nitrogens with zero attached hydrogens (tertiary/aromatic N) is 1. The van der Waals surface area contributed by atoms with E-state index in [0.717, 1.165) is 33.4 Å². The summed E-state index contributed by atoms with van der Waals surface area (Å²) in [5, 5.41) is 16.1. The van der Waals surface area contributed by atoms with Gasteiger partial charge in [-0.25, -0.2) is 0 Å². The van der Waals surface area contributed by atoms with Crippen LogP contribution >= 0.6 is 24.8 Å². The first-order valence-corrected chi connectivity index (χ1v) is 8.40. The summed E-state index contributed by atoms with van der Waals surface area (Å²) in [6, 6.07) is 19.4. The molecule has 0 saturated carbocycles. The minimum atomic E-state index is 0. The van der Waals surface area contributed by atoms with Crippen molar-refractivity contribution in [2.24, 2.45) is 11.5 Å². The Bertz CT molecular complexity index is 1180. The van der Waals surface area contributed by atoms with Gasteiger partial charge in [-0.05, 0) is 35.4 Å². The Labute approximate surface area is 180 Å². The highest BCUT2D eigenvalue weighted by Crippen LogP contribution is 2.28. The molecule has 0 saturated heterocycles. The minimum Gasteiger partial charge on any atom is -0.384 e. The molecule has 6 nitrogen and oxygen atoms in total. The van der Waals surface area contributed by atoms with E-state index >= 15 is 0 Å². The lowest BCUT2D eigenvalue weighted by molar-refractivity contribution is 1.28. The number of aromatic nitrogens is 2. The van der Waals surface area contributed by atoms with E-state index in [0.29, 0.717) is 11.1 Å². The maximum atomic E-state index is 7.59. The van der Waals surface area contributed by atoms with Gasteiger partial charge in [-0.1, -0.05) is 36.4 Å². The third-order valence-electron chi connectivity index (χ3n) is 4.50. The van der Waals surface area contributed by atoms with Crippen LogP contribution in [0.15, 0.2) is 66.9 Å². The number of pyridine rings is 1. The van der Waals surface area contributed by atoms with Crippen molar-refractivity contribution in [3.05, 3.63) is 78.0 Å². The third-order valence-corrected chi connectivity index (χ3v) is 4.50. The molecule has 0 bridgehead atoms. The molecule has 0 fully saturated rings. The summed E-state index contributed by atoms with van der Waals surface area (Å²) in [4.78, 5) is 7.77. The number of fused-ring (bicyclic) bond motifs is 1. The first-order chi connectivity index (χ1) is 13.0. The largest absolute Gasteiger partial charge is 0.384 e. The number of nitrogen functional groups attached to an aromatic ring is 2. The molecule has 0 aliphatic heterocycles. The number of H-pyrrole nitrogens is 1. The maximum Gasteiger partial charge on any atom is 0.122 e. The lowest BCUT2D eigenvalue weighted by atomic mass is 10.0. The summed E-state index contributed by atoms with van der Waals surface area (Å²) < 4.78 is 0. The van der Waals surface area contributed by atoms with E-state index in [-0.39, 0.29) is 36.5 Å². The van der Waals surface area contributed by atoms with Gasteiger partial charge in [-0.15, -0.1) is 24.8 Å². The zero-order valence-electron chi connectivity index (χ0n) is 15.3. The molecule has 148 valence electrons. The van der Waals surface area contributed by atoms with Gasteiger partial charge in [0.15, 0.2) is 0 Å². The SMILES string of the molecule is Cl.Cl.N=C(N)c1ccc(-c2ccc3cc(-c4cc(C(=N)N)ccn4)[nH]c3c2)cc1. The molecule has 29 heavy (non-hydrogen) atoms. The average Bonchev–Trinajstić information content (AvgIpc) is 3.11. The Morgan fingerprint density at radius 3 is 2.07 bits per heavy atom. The summed E-state index contributed by atoms with van der Waals surface area (Å²) in [7, 11) is 0. The molecule has 0 unspecified atom stereocenters. The molecule has 0 amide bonds. The monoisotopic (exact) mass is 426 g/mol. The van der Waals surface area contributed by atoms with Gasteiger partial charge in [0.1, 0.15) is 11.7 Å². The van der Waals surface area contributed by atoms with Crippen molar-refractivity contribution in [2.45, 2.75) is 0 Å². The lowest BCUT2D eigenvalue weighted by Gasteiger charge is -2.04. The topological polar surface area (TPSA) is 128 Å². The van der Waals surface area contributed by atoms with Crippen LogP contribution in [0.1, 0.15) is 11.1 Å². The molecule has 0 aliphatic rings. The van der Waals surface area contributed by atoms with Gasteiger partial charge in [-0.3, -0.25) is 15.8 Å². The van der Waals surface area contributed by atoms with E-state index in [1.807, 2.05) is 30.3 Å². The molecule has 2 heterocycles. The van der Waals surface area contributed by atoms with Gasteiger partial charge in [0.05, 0.1) is 11.4 Å². The second-order valence-electron chi connectivity index (χ2n) is 6.32. The summed E-state index contributed by atoms with van der Waals surface area (Å²) in [6.45, 7) is 0. The Balaban J connectivity index is 0.00000150. The van der Waals surface area contributed by atoms with E-state index in [1.165, 1.54) is 0 Å². The van der Waals surface area contributed by atoms with Crippen molar-refractivity contribution in [1.29, 1.82) is 10.8 Å². The van der Waals surface area contributed by atoms with Crippen LogP contribution in [0.4, 0.5) is 0 Å². The molecular formula is C21H20Cl2N6. The second-order valence-corrected chi connectivity index (χ2v) is 6.32. The Morgan fingerprint density at radius 1 is 0.759 bits per heavy atom. The van der Waals surface area contributed by atoms with Gasteiger partial charge >= 0.3 is 0 Å². The highest BCUT2D eigenvalue weighted by atomic mass is 35.5. The normalized spacial score (nSPS) is 10.1. The fraction of sp³-hybridized carbons (Fsp3) is 0. The predicted molar refractivity (Wildman–Crippen MR) is 123 cm³/mol. The van der Waals surface area contributed by atoms with Crippen LogP contribution in [-0.4, -0.2) is 21.6 Å². The Hall–Kier alpha value is -3.35. The molecule has 0 aliphatic carbocycles. The smallest absolute Gasteiger partial charge is 0.122 e. The lowest BCUT2D eigenvalue weighted by Crippen LogP contribution is -2.11. The van der Waals surface area contributed by atoms with Gasteiger partial charge in [0.2, 0.25) is 0 Å². The molecule has 7 N–H and O–H groups in total. The van der Waals surface area contributed by atoms with E-state index in [4.69, 9.17) is 22.3 Å². The van der Waals surface area contributed by atoms with Crippen molar-refractivity contribution < 1.29 is 0 Å². The molecule has 8 heteroatoms. The number of amidine groups is 2. The molecule has 2 aromatic carbocycles. The number of benzene rings is 2. The highest BCUT2D eigenvalue weighted by molar-refractivity contribution is 5.97. The number of rotatable bonds is 4. The molecule has 0 spiro atoms. The summed E-state index contributed by atoms with van der Waals surface area (Å²) in [5.74, 6) is 0.0809. The number of hydrogen-bond donors (Lipinski definition) is 5. The van der Waals surface area contributed by atoms with Crippen LogP contribution in [0.25, 0.3) is 33.4 Å². The predicted octanol–water partition coefficient (Wildman–Crippen LogP) is 4.31. The number of nitrogens with two attached hydrogens (primary N) is 2. The molecule has 0 atom stereocenters. The molecule has 4 rings (SSSR count). The first-order valence-electron chi connectivity index (χ1n) is 8.40. The Morgan fingerprint density at radius 2 is 1.41 bits per heavy atom. The van der Waals surface area contributed by atoms with Crippen molar-refractivity contribution in [3.8, 4) is 22.5 Å². The van der Waals surface area contributed by atoms with Crippen LogP contribution in [-0.2, 0) is 0 Å². The van der Waals surface area contributed by atoms with Crippen molar-refractivity contribution >= 4 is 47.4 Å². The van der Waals surface area contributed by atoms with E-state index in [9.17, 15) is 0 Å². The van der Waals surface area contributed by atoms with Crippen molar-refractivity contribution in [3.63, 3.8) is 0 Å². The summed E-state index contributed by atoms with van der Waals surface area (Å²) >= 11 is 0. The van der Waals surface area contributed by atoms with Crippen LogP contribution in [0, 0.1) is 10.8 Å². The highest BCUT2D eigenvalue weighted by Gasteiger charge is 2.08. The fourth-order valence-electron chi connectivity index (χ4n) is 3.03. The quantitative estimate of drug-likeness (QED) is 0.246. The average molecular weight is 427 g/mol. The Kier molecular flexibility index (Phi) is 6.64. The van der Waals surface area contributed by atoms with Crippen molar-refractivity contribution in [1.82, 2.24) is 9.97 Å². The van der Waals surface area contributed by atoms with E-state index in [2.05, 4.69) is 28.2 Å². The zero-order valence-corrected chi connectivity index (χ0v) is 16.9. The number of aromatic amines is 1. The van der Waals surface area contributed by atoms with Crippen LogP contribution < -0.4 is 11.5 Å². The van der Waals surface area contributed by atoms with Gasteiger partial charge in [0, 0.05) is 28.2 Å². The zero-order chi connectivity index (χ0) is 19.0. The molecule has 4 aromatic rings. The fourth-order valence-corrected chi connectivity index (χ4v) is 3.03. The summed E-state index contributed by atoms with van der Waals surface area (Å²) in [6.07, 6.45) is 1.65. The third kappa shape index (κ3) is 4.39. The number of hydrogen-bond acceptors (Lipinski definition) is 3. The minimum absolute atomic E-state index is 0. The first kappa shape index (κ1) is 21.9. The van der Waals surface area contributed by atoms with Crippen LogP contribution in [0.2, 0.25) is 0 Å². The molecule has 0 radical (unpaired) electrons. The molecular weight excluding hydrogens is 407 g/mol. The second kappa shape index (κ2) is 8.77. The maximum absolute atomic E-state index is 7.59. The molecule has 2 aromatic heterocycles. The van der Waals surface area contributed by atoms with E-state index in [1.54, 1.807) is 18.3 Å². The standard InChI is InChI=1S/C21H18N6.2ClH/c22-20(23)13-3-1-12(2-4-13)14-5-6-15-10-19(27-17(15)9-14)18-11-16(21(24)25)7-8-26-18;;/h1-11,27H,(H3,22,23)(H3,24,25);2*1H. The summed E-state index contributed by atoms with van der Waals surface area (Å²) in [5.41, 5.74) is 17.2. The van der Waals surface area contributed by atoms with E-state index < -0.39 is 0 Å². The van der Waals surface area contributed by atoms with Gasteiger partial charge in [-0.2, -0.15) is 0 Å². The number of halogens is 2. The number of nitrogens with one attached hydrogen (secondary N) is 3. The van der Waals surface area contributed by atoms with Gasteiger partial charge < -0.3 is 16.5 Å². The van der Waals surface area contributed by atoms with Gasteiger partial charge in [0.25, 0.3) is 0 Å². The van der Waals surface area contributed by atoms with Crippen molar-refractivity contribution in [2.75, 3.05) is 0 Å².